The second kappa shape index (κ2) is 20.6. The van der Waals surface area contributed by atoms with Crippen molar-refractivity contribution in [2.75, 3.05) is 6.54 Å². The molecule has 0 aliphatic carbocycles. The summed E-state index contributed by atoms with van der Waals surface area (Å²) in [7, 11) is 0. The summed E-state index contributed by atoms with van der Waals surface area (Å²) < 4.78 is 5.72. The van der Waals surface area contributed by atoms with Crippen molar-refractivity contribution in [3.05, 3.63) is 96.1 Å². The molecule has 5 heteroatoms. The van der Waals surface area contributed by atoms with Crippen molar-refractivity contribution >= 4 is 11.8 Å². The van der Waals surface area contributed by atoms with Gasteiger partial charge in [0.1, 0.15) is 5.76 Å². The maximum absolute atomic E-state index is 12.0. The molecule has 0 saturated carbocycles. The van der Waals surface area contributed by atoms with E-state index in [9.17, 15) is 9.90 Å². The van der Waals surface area contributed by atoms with E-state index in [0.29, 0.717) is 24.4 Å². The van der Waals surface area contributed by atoms with Gasteiger partial charge in [-0.05, 0) is 56.0 Å². The number of aryl methyl sites for hydroxylation is 2. The molecule has 0 unspecified atom stereocenters. The molecule has 1 aromatic rings. The number of hydrogen-bond acceptors (Lipinski definition) is 4. The summed E-state index contributed by atoms with van der Waals surface area (Å²) in [4.78, 5) is 16.3. The monoisotopic (exact) mass is 456 g/mol. The molecule has 0 saturated heterocycles. The van der Waals surface area contributed by atoms with E-state index in [1.54, 1.807) is 18.4 Å². The lowest BCUT2D eigenvalue weighted by molar-refractivity contribution is -0.120. The first kappa shape index (κ1) is 31.8. The molecule has 0 bridgehead atoms. The molecule has 1 rings (SSSR count). The quantitative estimate of drug-likeness (QED) is 0.166. The van der Waals surface area contributed by atoms with Crippen molar-refractivity contribution < 1.29 is 16.1 Å². The molecule has 33 heavy (non-hydrogen) atoms. The van der Waals surface area contributed by atoms with Crippen molar-refractivity contribution in [1.82, 2.24) is 5.32 Å². The summed E-state index contributed by atoms with van der Waals surface area (Å²) in [6.45, 7) is 21.4. The third-order valence-corrected chi connectivity index (χ3v) is 4.10. The van der Waals surface area contributed by atoms with Crippen LogP contribution in [0.4, 0.5) is 0 Å². The SMILES string of the molecule is C=C/C(O)=C(\C=C)CCNC(=O)C/C=C/OC(=N/C=C/C)c1c(C)cccc1C.CC.CC.[HH]. The van der Waals surface area contributed by atoms with Crippen LogP contribution in [-0.4, -0.2) is 23.5 Å². The molecule has 0 atom stereocenters. The van der Waals surface area contributed by atoms with Crippen LogP contribution in [0, 0.1) is 13.8 Å². The van der Waals surface area contributed by atoms with Gasteiger partial charge in [0.2, 0.25) is 11.8 Å². The second-order valence-electron chi connectivity index (χ2n) is 6.30. The Morgan fingerprint density at radius 2 is 1.76 bits per heavy atom. The minimum Gasteiger partial charge on any atom is -0.508 e. The fourth-order valence-corrected chi connectivity index (χ4v) is 2.59. The van der Waals surface area contributed by atoms with E-state index in [1.165, 1.54) is 12.3 Å². The fraction of sp³-hybridized carbons (Fsp3) is 0.357. The molecule has 1 aromatic carbocycles. The van der Waals surface area contributed by atoms with Crippen LogP contribution in [0.15, 0.2) is 84.4 Å². The Balaban J connectivity index is -0.00000182. The van der Waals surface area contributed by atoms with Gasteiger partial charge < -0.3 is 15.2 Å². The van der Waals surface area contributed by atoms with Gasteiger partial charge in [-0.3, -0.25) is 4.79 Å². The minimum absolute atomic E-state index is 0. The lowest BCUT2D eigenvalue weighted by atomic mass is 10.0. The van der Waals surface area contributed by atoms with Gasteiger partial charge in [-0.15, -0.1) is 0 Å². The Morgan fingerprint density at radius 3 is 2.27 bits per heavy atom. The number of benzene rings is 1. The van der Waals surface area contributed by atoms with Gasteiger partial charge in [-0.25, -0.2) is 4.99 Å². The van der Waals surface area contributed by atoms with Gasteiger partial charge in [0.25, 0.3) is 0 Å². The van der Waals surface area contributed by atoms with Gasteiger partial charge >= 0.3 is 0 Å². The van der Waals surface area contributed by atoms with Gasteiger partial charge in [0.05, 0.1) is 6.26 Å². The smallest absolute Gasteiger partial charge is 0.226 e. The third-order valence-electron chi connectivity index (χ3n) is 4.10. The second-order valence-corrected chi connectivity index (χ2v) is 6.30. The number of amides is 1. The molecule has 184 valence electrons. The Morgan fingerprint density at radius 1 is 1.15 bits per heavy atom. The third kappa shape index (κ3) is 13.0. The molecular formula is C28H44N2O3. The number of nitrogens with one attached hydrogen (secondary N) is 1. The summed E-state index contributed by atoms with van der Waals surface area (Å²) in [6.07, 6.45) is 10.2. The molecule has 2 N–H and O–H groups in total. The highest BCUT2D eigenvalue weighted by molar-refractivity contribution is 5.97. The number of carbonyl (C=O) groups excluding carboxylic acids is 1. The highest BCUT2D eigenvalue weighted by Crippen LogP contribution is 2.16. The average Bonchev–Trinajstić information content (AvgIpc) is 2.84. The standard InChI is InChI=1S/C24H30N2O3.2C2H6.H2/c1-6-15-26-24(23-18(4)11-9-12-19(23)5)29-17-10-13-22(28)25-16-14-20(7-2)21(27)8-3;2*1-2;/h6-12,15,17,27H,2-3,13-14,16H2,1,4-5H3,(H,25,28);2*1-2H3;1H/b15-6+,17-10+,21-20-,26-24?;;;. The van der Waals surface area contributed by atoms with Crippen LogP contribution in [-0.2, 0) is 9.53 Å². The van der Waals surface area contributed by atoms with Crippen molar-refractivity contribution in [1.29, 1.82) is 0 Å². The van der Waals surface area contributed by atoms with E-state index in [0.717, 1.165) is 16.7 Å². The Labute approximate surface area is 202 Å². The minimum atomic E-state index is -0.148. The lowest BCUT2D eigenvalue weighted by Gasteiger charge is -2.11. The maximum Gasteiger partial charge on any atom is 0.226 e. The highest BCUT2D eigenvalue weighted by Gasteiger charge is 2.10. The van der Waals surface area contributed by atoms with Gasteiger partial charge in [0.15, 0.2) is 0 Å². The van der Waals surface area contributed by atoms with E-state index in [4.69, 9.17) is 4.74 Å². The summed E-state index contributed by atoms with van der Waals surface area (Å²) in [6, 6.07) is 6.00. The molecule has 0 fully saturated rings. The zero-order chi connectivity index (χ0) is 25.6. The van der Waals surface area contributed by atoms with Gasteiger partial charge in [0, 0.05) is 26.2 Å². The fourth-order valence-electron chi connectivity index (χ4n) is 2.59. The predicted octanol–water partition coefficient (Wildman–Crippen LogP) is 7.49. The van der Waals surface area contributed by atoms with Crippen LogP contribution in [0.2, 0.25) is 0 Å². The zero-order valence-corrected chi connectivity index (χ0v) is 21.4. The van der Waals surface area contributed by atoms with Crippen molar-refractivity contribution in [2.45, 2.75) is 61.3 Å². The van der Waals surface area contributed by atoms with E-state index in [1.807, 2.05) is 72.7 Å². The average molecular weight is 457 g/mol. The van der Waals surface area contributed by atoms with Crippen LogP contribution in [0.3, 0.4) is 0 Å². The number of carbonyl (C=O) groups is 1. The largest absolute Gasteiger partial charge is 0.508 e. The highest BCUT2D eigenvalue weighted by atomic mass is 16.5. The van der Waals surface area contributed by atoms with Crippen molar-refractivity contribution in [2.24, 2.45) is 4.99 Å². The Kier molecular flexibility index (Phi) is 19.8. The zero-order valence-electron chi connectivity index (χ0n) is 21.4. The van der Waals surface area contributed by atoms with Crippen LogP contribution >= 0.6 is 0 Å². The molecule has 0 radical (unpaired) electrons. The lowest BCUT2D eigenvalue weighted by Crippen LogP contribution is -2.23. The number of nitrogens with zero attached hydrogens (tertiary/aromatic N) is 1. The number of aliphatic hydroxyl groups is 1. The Bertz CT molecular complexity index is 833. The molecule has 0 spiro atoms. The van der Waals surface area contributed by atoms with E-state index >= 15 is 0 Å². The molecule has 5 nitrogen and oxygen atoms in total. The number of hydrogen-bond donors (Lipinski definition) is 2. The Hall–Kier alpha value is -3.34. The van der Waals surface area contributed by atoms with Crippen molar-refractivity contribution in [3.63, 3.8) is 0 Å². The topological polar surface area (TPSA) is 70.9 Å². The first-order valence-corrected chi connectivity index (χ1v) is 11.5. The van der Waals surface area contributed by atoms with E-state index < -0.39 is 0 Å². The van der Waals surface area contributed by atoms with Crippen LogP contribution in [0.25, 0.3) is 0 Å². The van der Waals surface area contributed by atoms with Crippen LogP contribution < -0.4 is 5.32 Å². The summed E-state index contributed by atoms with van der Waals surface area (Å²) in [5.41, 5.74) is 3.70. The van der Waals surface area contributed by atoms with Crippen LogP contribution in [0.5, 0.6) is 0 Å². The molecular weight excluding hydrogens is 412 g/mol. The number of rotatable bonds is 10. The number of aliphatic imine (C=N–C) groups is 1. The predicted molar refractivity (Wildman–Crippen MR) is 145 cm³/mol. The van der Waals surface area contributed by atoms with E-state index in [-0.39, 0.29) is 19.5 Å². The summed E-state index contributed by atoms with van der Waals surface area (Å²) in [5.74, 6) is 0.406. The van der Waals surface area contributed by atoms with Crippen molar-refractivity contribution in [3.8, 4) is 0 Å². The van der Waals surface area contributed by atoms with Crippen LogP contribution in [0.1, 0.15) is 65.6 Å². The number of ether oxygens (including phenoxy) is 1. The maximum atomic E-state index is 12.0. The van der Waals surface area contributed by atoms with Gasteiger partial charge in [-0.1, -0.05) is 71.2 Å². The molecule has 0 heterocycles. The van der Waals surface area contributed by atoms with E-state index in [2.05, 4.69) is 23.5 Å². The number of allylic oxidation sites excluding steroid dienone is 3. The molecule has 0 aromatic heterocycles. The summed E-state index contributed by atoms with van der Waals surface area (Å²) >= 11 is 0. The normalized spacial score (nSPS) is 11.5. The summed E-state index contributed by atoms with van der Waals surface area (Å²) in [5, 5.41) is 12.4. The molecule has 0 aliphatic rings. The number of aliphatic hydroxyl groups excluding tert-OH is 1. The first-order valence-electron chi connectivity index (χ1n) is 11.5. The molecule has 1 amide bonds. The molecule has 0 aliphatic heterocycles. The van der Waals surface area contributed by atoms with Gasteiger partial charge in [-0.2, -0.15) is 0 Å². The first-order chi connectivity index (χ1) is 15.9.